The van der Waals surface area contributed by atoms with Crippen molar-refractivity contribution < 1.29 is 0 Å². The van der Waals surface area contributed by atoms with Crippen LogP contribution in [0.15, 0.2) is 72.0 Å². The van der Waals surface area contributed by atoms with Gasteiger partial charge in [-0.15, -0.1) is 0 Å². The highest BCUT2D eigenvalue weighted by atomic mass is 15.3. The first-order valence-electron chi connectivity index (χ1n) is 8.82. The predicted molar refractivity (Wildman–Crippen MR) is 107 cm³/mol. The van der Waals surface area contributed by atoms with E-state index in [1.165, 1.54) is 11.1 Å². The summed E-state index contributed by atoms with van der Waals surface area (Å²) in [6.45, 7) is 5.63. The molecule has 5 heteroatoms. The minimum Gasteiger partial charge on any atom is -0.370 e. The van der Waals surface area contributed by atoms with Crippen molar-refractivity contribution in [3.8, 4) is 0 Å². The molecule has 1 heterocycles. The molecule has 0 bridgehead atoms. The average molecular weight is 347 g/mol. The molecule has 0 saturated carbocycles. The molecule has 2 aromatic carbocycles. The molecule has 134 valence electrons. The van der Waals surface area contributed by atoms with E-state index in [2.05, 4.69) is 59.6 Å². The molecule has 3 rings (SSSR count). The molecule has 0 aliphatic heterocycles. The summed E-state index contributed by atoms with van der Waals surface area (Å²) in [4.78, 5) is 4.46. The molecule has 0 fully saturated rings. The topological polar surface area (TPSA) is 68.2 Å². The van der Waals surface area contributed by atoms with Crippen LogP contribution in [0, 0.1) is 0 Å². The number of aromatic nitrogens is 2. The Hall–Kier alpha value is -3.08. The van der Waals surface area contributed by atoms with E-state index in [1.807, 2.05) is 35.1 Å². The molecule has 0 atom stereocenters. The second-order valence-corrected chi connectivity index (χ2v) is 6.63. The molecule has 26 heavy (non-hydrogen) atoms. The van der Waals surface area contributed by atoms with Gasteiger partial charge in [0.1, 0.15) is 0 Å². The maximum Gasteiger partial charge on any atom is 0.193 e. The van der Waals surface area contributed by atoms with E-state index in [0.717, 1.165) is 17.8 Å². The lowest BCUT2D eigenvalue weighted by molar-refractivity contribution is 0.686. The first-order chi connectivity index (χ1) is 12.6. The van der Waals surface area contributed by atoms with E-state index in [9.17, 15) is 0 Å². The fraction of sp³-hybridized carbons (Fsp3) is 0.238. The Morgan fingerprint density at radius 2 is 1.92 bits per heavy atom. The van der Waals surface area contributed by atoms with Crippen LogP contribution in [0.2, 0.25) is 0 Å². The summed E-state index contributed by atoms with van der Waals surface area (Å²) in [5.74, 6) is 0.899. The zero-order valence-electron chi connectivity index (χ0n) is 15.3. The van der Waals surface area contributed by atoms with Crippen molar-refractivity contribution in [1.29, 1.82) is 0 Å². The second-order valence-electron chi connectivity index (χ2n) is 6.63. The van der Waals surface area contributed by atoms with Gasteiger partial charge in [-0.25, -0.2) is 4.99 Å². The third kappa shape index (κ3) is 4.96. The number of nitrogens with two attached hydrogens (primary N) is 1. The third-order valence-electron chi connectivity index (χ3n) is 4.15. The summed E-state index contributed by atoms with van der Waals surface area (Å²) in [7, 11) is 0. The molecule has 5 nitrogen and oxygen atoms in total. The summed E-state index contributed by atoms with van der Waals surface area (Å²) in [6.07, 6.45) is 3.74. The van der Waals surface area contributed by atoms with Gasteiger partial charge in [-0.05, 0) is 40.8 Å². The number of hydrogen-bond donors (Lipinski definition) is 2. The van der Waals surface area contributed by atoms with Crippen LogP contribution >= 0.6 is 0 Å². The van der Waals surface area contributed by atoms with Gasteiger partial charge in [-0.1, -0.05) is 50.2 Å². The number of benzene rings is 2. The first kappa shape index (κ1) is 17.7. The Morgan fingerprint density at radius 1 is 1.12 bits per heavy atom. The van der Waals surface area contributed by atoms with Gasteiger partial charge in [-0.2, -0.15) is 5.10 Å². The number of hydrogen-bond acceptors (Lipinski definition) is 2. The zero-order chi connectivity index (χ0) is 18.4. The first-order valence-corrected chi connectivity index (χ1v) is 8.82. The van der Waals surface area contributed by atoms with E-state index in [0.29, 0.717) is 18.4 Å². The average Bonchev–Trinajstić information content (AvgIpc) is 3.13. The van der Waals surface area contributed by atoms with Crippen LogP contribution in [-0.2, 0) is 13.1 Å². The maximum absolute atomic E-state index is 6.05. The standard InChI is InChI=1S/C21H25N5/c1-16(2)19-8-4-9-20(13-19)25-21(22)23-14-17-6-3-7-18(12-17)15-26-11-5-10-24-26/h3-13,16H,14-15H2,1-2H3,(H3,22,23,25). The summed E-state index contributed by atoms with van der Waals surface area (Å²) in [6, 6.07) is 18.5. The minimum absolute atomic E-state index is 0.420. The normalized spacial score (nSPS) is 11.7. The maximum atomic E-state index is 6.05. The van der Waals surface area contributed by atoms with Crippen LogP contribution in [0.3, 0.4) is 0 Å². The van der Waals surface area contributed by atoms with Crippen molar-refractivity contribution in [2.24, 2.45) is 10.7 Å². The van der Waals surface area contributed by atoms with Crippen molar-refractivity contribution in [3.05, 3.63) is 83.7 Å². The Morgan fingerprint density at radius 3 is 2.69 bits per heavy atom. The zero-order valence-corrected chi connectivity index (χ0v) is 15.3. The quantitative estimate of drug-likeness (QED) is 0.523. The molecular weight excluding hydrogens is 322 g/mol. The molecule has 0 radical (unpaired) electrons. The fourth-order valence-electron chi connectivity index (χ4n) is 2.75. The van der Waals surface area contributed by atoms with E-state index in [4.69, 9.17) is 5.73 Å². The molecule has 3 N–H and O–H groups in total. The Labute approximate surface area is 154 Å². The van der Waals surface area contributed by atoms with Crippen molar-refractivity contribution in [2.75, 3.05) is 5.32 Å². The van der Waals surface area contributed by atoms with Crippen LogP contribution in [0.25, 0.3) is 0 Å². The van der Waals surface area contributed by atoms with Crippen molar-refractivity contribution >= 4 is 11.6 Å². The van der Waals surface area contributed by atoms with Gasteiger partial charge in [0.15, 0.2) is 5.96 Å². The lowest BCUT2D eigenvalue weighted by Gasteiger charge is -2.10. The van der Waals surface area contributed by atoms with E-state index in [1.54, 1.807) is 6.20 Å². The number of anilines is 1. The molecular formula is C21H25N5. The predicted octanol–water partition coefficient (Wildman–Crippen LogP) is 3.98. The molecule has 0 saturated heterocycles. The van der Waals surface area contributed by atoms with Gasteiger partial charge in [0.25, 0.3) is 0 Å². The van der Waals surface area contributed by atoms with Crippen LogP contribution in [-0.4, -0.2) is 15.7 Å². The van der Waals surface area contributed by atoms with Crippen molar-refractivity contribution in [3.63, 3.8) is 0 Å². The van der Waals surface area contributed by atoms with E-state index in [-0.39, 0.29) is 0 Å². The van der Waals surface area contributed by atoms with Crippen molar-refractivity contribution in [2.45, 2.75) is 32.9 Å². The lowest BCUT2D eigenvalue weighted by atomic mass is 10.0. The largest absolute Gasteiger partial charge is 0.370 e. The van der Waals surface area contributed by atoms with Crippen LogP contribution < -0.4 is 11.1 Å². The monoisotopic (exact) mass is 347 g/mol. The van der Waals surface area contributed by atoms with Gasteiger partial charge in [0.2, 0.25) is 0 Å². The Kier molecular flexibility index (Phi) is 5.69. The highest BCUT2D eigenvalue weighted by Crippen LogP contribution is 2.18. The molecule has 0 amide bonds. The van der Waals surface area contributed by atoms with Gasteiger partial charge >= 0.3 is 0 Å². The summed E-state index contributed by atoms with van der Waals surface area (Å²) < 4.78 is 1.90. The van der Waals surface area contributed by atoms with E-state index >= 15 is 0 Å². The minimum atomic E-state index is 0.420. The molecule has 0 unspecified atom stereocenters. The molecule has 0 aliphatic carbocycles. The molecule has 3 aromatic rings. The summed E-state index contributed by atoms with van der Waals surface area (Å²) in [5, 5.41) is 7.41. The highest BCUT2D eigenvalue weighted by Gasteiger charge is 2.02. The van der Waals surface area contributed by atoms with Gasteiger partial charge in [0.05, 0.1) is 13.1 Å². The fourth-order valence-corrected chi connectivity index (χ4v) is 2.75. The van der Waals surface area contributed by atoms with Crippen LogP contribution in [0.4, 0.5) is 5.69 Å². The number of nitrogens with zero attached hydrogens (tertiary/aromatic N) is 3. The summed E-state index contributed by atoms with van der Waals surface area (Å²) in [5.41, 5.74) is 10.6. The SMILES string of the molecule is CC(C)c1cccc(NC(N)=NCc2cccc(Cn3cccn3)c2)c1. The Balaban J connectivity index is 1.62. The third-order valence-corrected chi connectivity index (χ3v) is 4.15. The van der Waals surface area contributed by atoms with E-state index < -0.39 is 0 Å². The highest BCUT2D eigenvalue weighted by molar-refractivity contribution is 5.92. The lowest BCUT2D eigenvalue weighted by Crippen LogP contribution is -2.22. The molecule has 0 aliphatic rings. The smallest absolute Gasteiger partial charge is 0.193 e. The van der Waals surface area contributed by atoms with Crippen LogP contribution in [0.1, 0.15) is 36.5 Å². The second kappa shape index (κ2) is 8.34. The Bertz CT molecular complexity index is 866. The number of nitrogens with one attached hydrogen (secondary N) is 1. The van der Waals surface area contributed by atoms with Gasteiger partial charge in [0, 0.05) is 18.1 Å². The van der Waals surface area contributed by atoms with Gasteiger partial charge in [-0.3, -0.25) is 4.68 Å². The van der Waals surface area contributed by atoms with Gasteiger partial charge < -0.3 is 11.1 Å². The summed E-state index contributed by atoms with van der Waals surface area (Å²) >= 11 is 0. The van der Waals surface area contributed by atoms with Crippen LogP contribution in [0.5, 0.6) is 0 Å². The number of rotatable bonds is 6. The number of aliphatic imine (C=N–C) groups is 1. The molecule has 1 aromatic heterocycles. The number of guanidine groups is 1. The molecule has 0 spiro atoms. The van der Waals surface area contributed by atoms with Crippen molar-refractivity contribution in [1.82, 2.24) is 9.78 Å².